The molecule has 3 nitrogen and oxygen atoms in total. The van der Waals surface area contributed by atoms with Gasteiger partial charge in [0, 0.05) is 5.92 Å². The summed E-state index contributed by atoms with van der Waals surface area (Å²) in [5, 5.41) is 0. The predicted molar refractivity (Wildman–Crippen MR) is 65.9 cm³/mol. The Balaban J connectivity index is 1.87. The fourth-order valence-corrected chi connectivity index (χ4v) is 5.50. The molecule has 2 aliphatic carbocycles. The van der Waals surface area contributed by atoms with Crippen LogP contribution in [0.4, 0.5) is 0 Å². The first kappa shape index (κ1) is 11.3. The Morgan fingerprint density at radius 2 is 1.94 bits per heavy atom. The van der Waals surface area contributed by atoms with Crippen molar-refractivity contribution in [3.8, 4) is 0 Å². The molecule has 18 heavy (non-hydrogen) atoms. The molecule has 0 N–H and O–H groups in total. The summed E-state index contributed by atoms with van der Waals surface area (Å²) in [6, 6.07) is 0. The van der Waals surface area contributed by atoms with E-state index in [0.29, 0.717) is 17.9 Å². The predicted octanol–water partition coefficient (Wildman–Crippen LogP) is 2.53. The van der Waals surface area contributed by atoms with E-state index in [1.54, 1.807) is 0 Å². The lowest BCUT2D eigenvalue weighted by atomic mass is 9.62. The van der Waals surface area contributed by atoms with E-state index in [4.69, 9.17) is 9.47 Å². The first-order valence-corrected chi connectivity index (χ1v) is 7.26. The molecule has 6 atom stereocenters. The number of carbonyl (C=O) groups is 1. The zero-order valence-corrected chi connectivity index (χ0v) is 11.7. The van der Waals surface area contributed by atoms with E-state index >= 15 is 0 Å². The van der Waals surface area contributed by atoms with Crippen molar-refractivity contribution >= 4 is 5.97 Å². The zero-order valence-electron chi connectivity index (χ0n) is 11.7. The molecule has 0 aromatic rings. The van der Waals surface area contributed by atoms with E-state index in [-0.39, 0.29) is 28.5 Å². The maximum absolute atomic E-state index is 12.1. The summed E-state index contributed by atoms with van der Waals surface area (Å²) in [7, 11) is 0. The fourth-order valence-electron chi connectivity index (χ4n) is 5.50. The number of rotatable bonds is 0. The molecule has 0 bridgehead atoms. The van der Waals surface area contributed by atoms with Crippen LogP contribution in [-0.4, -0.2) is 23.3 Å². The van der Waals surface area contributed by atoms with Crippen LogP contribution in [-0.2, 0) is 14.3 Å². The van der Waals surface area contributed by atoms with Gasteiger partial charge in [0.15, 0.2) is 0 Å². The van der Waals surface area contributed by atoms with Crippen LogP contribution in [0.3, 0.4) is 0 Å². The molecule has 2 spiro atoms. The Kier molecular flexibility index (Phi) is 1.75. The lowest BCUT2D eigenvalue weighted by Gasteiger charge is -2.45. The van der Waals surface area contributed by atoms with Gasteiger partial charge in [0.05, 0.1) is 12.0 Å². The summed E-state index contributed by atoms with van der Waals surface area (Å²) in [4.78, 5) is 12.1. The van der Waals surface area contributed by atoms with Crippen molar-refractivity contribution in [2.24, 2.45) is 23.2 Å². The summed E-state index contributed by atoms with van der Waals surface area (Å²) in [6.07, 6.45) is 3.55. The highest BCUT2D eigenvalue weighted by molar-refractivity contribution is 5.76. The van der Waals surface area contributed by atoms with Crippen LogP contribution in [0.1, 0.15) is 47.0 Å². The SMILES string of the molecule is C[C@@H]1C(=O)O[C@]23CC(C)(C)[C@H]4O[C@]42[C@H](C)CC[C@H]13. The van der Waals surface area contributed by atoms with Crippen LogP contribution in [0.25, 0.3) is 0 Å². The minimum atomic E-state index is -0.310. The Bertz CT molecular complexity index is 443. The fraction of sp³-hybridized carbons (Fsp3) is 0.933. The number of esters is 1. The normalized spacial score (nSPS) is 59.7. The molecule has 0 radical (unpaired) electrons. The second-order valence-electron chi connectivity index (χ2n) is 7.64. The number of hydrogen-bond acceptors (Lipinski definition) is 3. The lowest BCUT2D eigenvalue weighted by molar-refractivity contribution is -0.168. The molecule has 3 heteroatoms. The third-order valence-electron chi connectivity index (χ3n) is 6.23. The third-order valence-corrected chi connectivity index (χ3v) is 6.23. The number of carbonyl (C=O) groups excluding carboxylic acids is 1. The van der Waals surface area contributed by atoms with Gasteiger partial charge < -0.3 is 9.47 Å². The molecule has 0 amide bonds. The van der Waals surface area contributed by atoms with Gasteiger partial charge in [0.2, 0.25) is 0 Å². The first-order chi connectivity index (χ1) is 8.35. The minimum absolute atomic E-state index is 0.000394. The van der Waals surface area contributed by atoms with Crippen LogP contribution in [0.2, 0.25) is 0 Å². The second-order valence-corrected chi connectivity index (χ2v) is 7.64. The van der Waals surface area contributed by atoms with E-state index in [1.165, 1.54) is 6.42 Å². The van der Waals surface area contributed by atoms with Crippen LogP contribution in [0.5, 0.6) is 0 Å². The van der Waals surface area contributed by atoms with Crippen LogP contribution < -0.4 is 0 Å². The van der Waals surface area contributed by atoms with Gasteiger partial charge in [0.25, 0.3) is 0 Å². The van der Waals surface area contributed by atoms with Crippen molar-refractivity contribution in [2.75, 3.05) is 0 Å². The zero-order chi connectivity index (χ0) is 12.9. The van der Waals surface area contributed by atoms with E-state index < -0.39 is 0 Å². The number of hydrogen-bond donors (Lipinski definition) is 0. The van der Waals surface area contributed by atoms with Crippen molar-refractivity contribution in [3.63, 3.8) is 0 Å². The van der Waals surface area contributed by atoms with Crippen molar-refractivity contribution in [1.82, 2.24) is 0 Å². The average Bonchev–Trinajstić information content (AvgIpc) is 2.93. The van der Waals surface area contributed by atoms with Gasteiger partial charge in [0.1, 0.15) is 11.2 Å². The van der Waals surface area contributed by atoms with Crippen molar-refractivity contribution in [2.45, 2.75) is 64.3 Å². The molecule has 2 aliphatic heterocycles. The largest absolute Gasteiger partial charge is 0.455 e. The van der Waals surface area contributed by atoms with Gasteiger partial charge in [-0.15, -0.1) is 0 Å². The first-order valence-electron chi connectivity index (χ1n) is 7.26. The molecular weight excluding hydrogens is 228 g/mol. The smallest absolute Gasteiger partial charge is 0.309 e. The molecule has 4 fully saturated rings. The van der Waals surface area contributed by atoms with Gasteiger partial charge in [-0.25, -0.2) is 0 Å². The number of epoxide rings is 1. The average molecular weight is 250 g/mol. The molecular formula is C15H22O3. The van der Waals surface area contributed by atoms with Crippen molar-refractivity contribution in [3.05, 3.63) is 0 Å². The highest BCUT2D eigenvalue weighted by Gasteiger charge is 2.87. The second kappa shape index (κ2) is 2.79. The molecule has 0 aromatic carbocycles. The molecule has 0 aromatic heterocycles. The minimum Gasteiger partial charge on any atom is -0.455 e. The van der Waals surface area contributed by atoms with Gasteiger partial charge >= 0.3 is 5.97 Å². The summed E-state index contributed by atoms with van der Waals surface area (Å²) in [5.41, 5.74) is -0.323. The Labute approximate surface area is 108 Å². The molecule has 4 rings (SSSR count). The standard InChI is InChI=1S/C15H22O3/c1-8-5-6-10-9(2)11(16)17-14(10)7-13(3,4)12-15(8,14)18-12/h8-10,12H,5-7H2,1-4H3/t8-,9+,10-,12-,14+,15-/m1/s1. The molecule has 0 unspecified atom stereocenters. The maximum atomic E-state index is 12.1. The van der Waals surface area contributed by atoms with Crippen molar-refractivity contribution < 1.29 is 14.3 Å². The van der Waals surface area contributed by atoms with E-state index in [9.17, 15) is 4.79 Å². The molecule has 100 valence electrons. The maximum Gasteiger partial charge on any atom is 0.309 e. The van der Waals surface area contributed by atoms with E-state index in [2.05, 4.69) is 20.8 Å². The van der Waals surface area contributed by atoms with Crippen molar-refractivity contribution in [1.29, 1.82) is 0 Å². The highest BCUT2D eigenvalue weighted by atomic mass is 16.7. The Hall–Kier alpha value is -0.570. The highest BCUT2D eigenvalue weighted by Crippen LogP contribution is 2.75. The van der Waals surface area contributed by atoms with Crippen LogP contribution in [0.15, 0.2) is 0 Å². The Morgan fingerprint density at radius 1 is 1.22 bits per heavy atom. The topological polar surface area (TPSA) is 38.8 Å². The van der Waals surface area contributed by atoms with Gasteiger partial charge in [-0.3, -0.25) is 4.79 Å². The molecule has 4 aliphatic rings. The monoisotopic (exact) mass is 250 g/mol. The van der Waals surface area contributed by atoms with Crippen LogP contribution in [0, 0.1) is 23.2 Å². The summed E-state index contributed by atoms with van der Waals surface area (Å²) in [6.45, 7) is 8.84. The summed E-state index contributed by atoms with van der Waals surface area (Å²) in [5.74, 6) is 0.931. The quantitative estimate of drug-likeness (QED) is 0.490. The lowest BCUT2D eigenvalue weighted by Crippen LogP contribution is -2.55. The van der Waals surface area contributed by atoms with E-state index in [0.717, 1.165) is 12.8 Å². The van der Waals surface area contributed by atoms with Gasteiger partial charge in [-0.05, 0) is 30.6 Å². The van der Waals surface area contributed by atoms with Gasteiger partial charge in [-0.2, -0.15) is 0 Å². The summed E-state index contributed by atoms with van der Waals surface area (Å²) >= 11 is 0. The summed E-state index contributed by atoms with van der Waals surface area (Å²) < 4.78 is 12.2. The molecule has 2 saturated heterocycles. The number of ether oxygens (including phenoxy) is 2. The van der Waals surface area contributed by atoms with Gasteiger partial charge in [-0.1, -0.05) is 27.7 Å². The molecule has 2 heterocycles. The Morgan fingerprint density at radius 3 is 2.61 bits per heavy atom. The molecule has 2 saturated carbocycles. The van der Waals surface area contributed by atoms with Crippen LogP contribution >= 0.6 is 0 Å². The van der Waals surface area contributed by atoms with E-state index in [1.807, 2.05) is 6.92 Å². The third kappa shape index (κ3) is 0.910.